The van der Waals surface area contributed by atoms with Crippen LogP contribution in [0.1, 0.15) is 35.4 Å². The summed E-state index contributed by atoms with van der Waals surface area (Å²) in [6.45, 7) is 6.92. The molecule has 6 nitrogen and oxygen atoms in total. The summed E-state index contributed by atoms with van der Waals surface area (Å²) in [6, 6.07) is 5.40. The average Bonchev–Trinajstić information content (AvgIpc) is 3.26. The molecule has 2 saturated heterocycles. The number of carbonyl (C=O) groups is 2. The Morgan fingerprint density at radius 2 is 1.75 bits per heavy atom. The van der Waals surface area contributed by atoms with Gasteiger partial charge in [0.2, 0.25) is 5.91 Å². The van der Waals surface area contributed by atoms with Crippen molar-refractivity contribution in [3.8, 4) is 0 Å². The molecule has 2 fully saturated rings. The fourth-order valence-electron chi connectivity index (χ4n) is 4.13. The molecule has 0 N–H and O–H groups in total. The largest absolute Gasteiger partial charge is 0.451 e. The first-order valence-electron chi connectivity index (χ1n) is 10.0. The minimum atomic E-state index is -0.0856. The predicted molar refractivity (Wildman–Crippen MR) is 109 cm³/mol. The van der Waals surface area contributed by atoms with Gasteiger partial charge in [-0.1, -0.05) is 11.6 Å². The Bertz CT molecular complexity index is 888. The van der Waals surface area contributed by atoms with Crippen LogP contribution in [-0.2, 0) is 4.79 Å². The molecule has 1 aromatic heterocycles. The summed E-state index contributed by atoms with van der Waals surface area (Å²) in [5, 5.41) is 1.51. The van der Waals surface area contributed by atoms with E-state index < -0.39 is 0 Å². The topological polar surface area (TPSA) is 57.0 Å². The van der Waals surface area contributed by atoms with Gasteiger partial charge in [0.15, 0.2) is 5.76 Å². The molecule has 2 aliphatic rings. The lowest BCUT2D eigenvalue weighted by Gasteiger charge is -2.23. The molecule has 0 bridgehead atoms. The van der Waals surface area contributed by atoms with Gasteiger partial charge in [-0.3, -0.25) is 14.5 Å². The van der Waals surface area contributed by atoms with Crippen molar-refractivity contribution in [1.82, 2.24) is 14.7 Å². The zero-order valence-corrected chi connectivity index (χ0v) is 17.0. The fraction of sp³-hybridized carbons (Fsp3) is 0.524. The second-order valence-corrected chi connectivity index (χ2v) is 8.14. The molecule has 0 radical (unpaired) electrons. The highest BCUT2D eigenvalue weighted by Crippen LogP contribution is 2.29. The first-order chi connectivity index (χ1) is 13.5. The van der Waals surface area contributed by atoms with E-state index in [1.807, 2.05) is 22.8 Å². The van der Waals surface area contributed by atoms with Gasteiger partial charge in [-0.2, -0.15) is 0 Å². The van der Waals surface area contributed by atoms with Gasteiger partial charge in [0.25, 0.3) is 5.91 Å². The molecule has 0 saturated carbocycles. The fourth-order valence-corrected chi connectivity index (χ4v) is 4.30. The summed E-state index contributed by atoms with van der Waals surface area (Å²) < 4.78 is 5.84. The summed E-state index contributed by atoms with van der Waals surface area (Å²) in [4.78, 5) is 31.4. The molecule has 7 heteroatoms. The first-order valence-corrected chi connectivity index (χ1v) is 10.4. The van der Waals surface area contributed by atoms with Crippen LogP contribution in [0.4, 0.5) is 0 Å². The van der Waals surface area contributed by atoms with Gasteiger partial charge in [0, 0.05) is 55.2 Å². The van der Waals surface area contributed by atoms with Crippen LogP contribution in [0.2, 0.25) is 5.02 Å². The number of nitrogens with zero attached hydrogens (tertiary/aromatic N) is 3. The Hall–Kier alpha value is -2.05. The van der Waals surface area contributed by atoms with Crippen molar-refractivity contribution < 1.29 is 14.0 Å². The van der Waals surface area contributed by atoms with E-state index in [1.165, 1.54) is 0 Å². The third-order valence-corrected chi connectivity index (χ3v) is 6.02. The summed E-state index contributed by atoms with van der Waals surface area (Å²) >= 11 is 6.08. The monoisotopic (exact) mass is 403 g/mol. The van der Waals surface area contributed by atoms with E-state index in [1.54, 1.807) is 12.1 Å². The van der Waals surface area contributed by atoms with Gasteiger partial charge in [-0.25, -0.2) is 0 Å². The summed E-state index contributed by atoms with van der Waals surface area (Å²) in [5.74, 6) is 0.513. The molecule has 3 heterocycles. The van der Waals surface area contributed by atoms with Crippen LogP contribution in [0.5, 0.6) is 0 Å². The Kier molecular flexibility index (Phi) is 5.60. The van der Waals surface area contributed by atoms with Crippen molar-refractivity contribution in [1.29, 1.82) is 0 Å². The van der Waals surface area contributed by atoms with E-state index in [9.17, 15) is 9.59 Å². The summed E-state index contributed by atoms with van der Waals surface area (Å²) in [7, 11) is 0. The van der Waals surface area contributed by atoms with Crippen molar-refractivity contribution >= 4 is 34.4 Å². The molecule has 0 aliphatic carbocycles. The van der Waals surface area contributed by atoms with Crippen molar-refractivity contribution in [3.05, 3.63) is 34.5 Å². The van der Waals surface area contributed by atoms with E-state index in [0.717, 1.165) is 49.8 Å². The quantitative estimate of drug-likeness (QED) is 0.789. The molecule has 1 aromatic carbocycles. The minimum absolute atomic E-state index is 0.0856. The van der Waals surface area contributed by atoms with Crippen LogP contribution in [-0.4, -0.2) is 72.3 Å². The molecule has 28 heavy (non-hydrogen) atoms. The Morgan fingerprint density at radius 3 is 2.54 bits per heavy atom. The van der Waals surface area contributed by atoms with Crippen LogP contribution in [0.15, 0.2) is 22.6 Å². The highest BCUT2D eigenvalue weighted by Gasteiger charge is 2.27. The zero-order chi connectivity index (χ0) is 19.7. The predicted octanol–water partition coefficient (Wildman–Crippen LogP) is 3.16. The average molecular weight is 404 g/mol. The Labute approximate surface area is 170 Å². The second-order valence-electron chi connectivity index (χ2n) is 7.71. The highest BCUT2D eigenvalue weighted by molar-refractivity contribution is 6.31. The SMILES string of the molecule is Cc1c(C(=O)N2CCCN(CC(=O)N3CCCC3)CC2)oc2ccc(Cl)cc12. The zero-order valence-electron chi connectivity index (χ0n) is 16.2. The number of furan rings is 1. The number of hydrogen-bond acceptors (Lipinski definition) is 4. The second kappa shape index (κ2) is 8.13. The number of likely N-dealkylation sites (tertiary alicyclic amines) is 1. The molecule has 2 aromatic rings. The van der Waals surface area contributed by atoms with Crippen LogP contribution < -0.4 is 0 Å². The number of benzene rings is 1. The van der Waals surface area contributed by atoms with Crippen LogP contribution in [0.25, 0.3) is 11.0 Å². The number of rotatable bonds is 3. The number of carbonyl (C=O) groups excluding carboxylic acids is 2. The van der Waals surface area contributed by atoms with Gasteiger partial charge < -0.3 is 14.2 Å². The maximum absolute atomic E-state index is 13.1. The van der Waals surface area contributed by atoms with Crippen LogP contribution in [0.3, 0.4) is 0 Å². The van der Waals surface area contributed by atoms with Crippen LogP contribution in [0, 0.1) is 6.92 Å². The van der Waals surface area contributed by atoms with Gasteiger partial charge in [-0.15, -0.1) is 0 Å². The molecule has 4 rings (SSSR count). The lowest BCUT2D eigenvalue weighted by molar-refractivity contribution is -0.131. The third kappa shape index (κ3) is 3.89. The maximum Gasteiger partial charge on any atom is 0.289 e. The van der Waals surface area contributed by atoms with Crippen molar-refractivity contribution in [2.45, 2.75) is 26.2 Å². The summed E-state index contributed by atoms with van der Waals surface area (Å²) in [6.07, 6.45) is 3.07. The number of amides is 2. The lowest BCUT2D eigenvalue weighted by atomic mass is 10.1. The maximum atomic E-state index is 13.1. The Balaban J connectivity index is 1.42. The molecule has 2 aliphatic heterocycles. The molecule has 0 unspecified atom stereocenters. The first kappa shape index (κ1) is 19.3. The minimum Gasteiger partial charge on any atom is -0.451 e. The molecule has 150 valence electrons. The van der Waals surface area contributed by atoms with Gasteiger partial charge in [0.1, 0.15) is 5.58 Å². The van der Waals surface area contributed by atoms with Crippen molar-refractivity contribution in [3.63, 3.8) is 0 Å². The number of fused-ring (bicyclic) bond motifs is 1. The lowest BCUT2D eigenvalue weighted by Crippen LogP contribution is -2.41. The van der Waals surface area contributed by atoms with E-state index in [0.29, 0.717) is 42.5 Å². The van der Waals surface area contributed by atoms with Gasteiger partial charge in [0.05, 0.1) is 6.54 Å². The van der Waals surface area contributed by atoms with Gasteiger partial charge >= 0.3 is 0 Å². The molecule has 0 atom stereocenters. The van der Waals surface area contributed by atoms with E-state index in [-0.39, 0.29) is 11.8 Å². The van der Waals surface area contributed by atoms with E-state index in [2.05, 4.69) is 4.90 Å². The highest BCUT2D eigenvalue weighted by atomic mass is 35.5. The van der Waals surface area contributed by atoms with Gasteiger partial charge in [-0.05, 0) is 44.4 Å². The van der Waals surface area contributed by atoms with Crippen LogP contribution >= 0.6 is 11.6 Å². The molecular formula is C21H26ClN3O3. The molecule has 0 spiro atoms. The Morgan fingerprint density at radius 1 is 1.00 bits per heavy atom. The molecular weight excluding hydrogens is 378 g/mol. The standard InChI is InChI=1S/C21H26ClN3O3/c1-15-17-13-16(22)5-6-18(17)28-20(15)21(27)25-10-4-7-23(11-12-25)14-19(26)24-8-2-3-9-24/h5-6,13H,2-4,7-12,14H2,1H3. The van der Waals surface area contributed by atoms with E-state index in [4.69, 9.17) is 16.0 Å². The number of halogens is 1. The summed E-state index contributed by atoms with van der Waals surface area (Å²) in [5.41, 5.74) is 1.51. The third-order valence-electron chi connectivity index (χ3n) is 5.79. The molecule has 2 amide bonds. The number of aryl methyl sites for hydroxylation is 1. The van der Waals surface area contributed by atoms with Crippen molar-refractivity contribution in [2.75, 3.05) is 45.8 Å². The normalized spacial score (nSPS) is 18.6. The van der Waals surface area contributed by atoms with E-state index >= 15 is 0 Å². The number of hydrogen-bond donors (Lipinski definition) is 0. The smallest absolute Gasteiger partial charge is 0.289 e. The van der Waals surface area contributed by atoms with Crippen molar-refractivity contribution in [2.24, 2.45) is 0 Å².